The van der Waals surface area contributed by atoms with E-state index in [9.17, 15) is 12.8 Å². The van der Waals surface area contributed by atoms with Crippen LogP contribution in [0.25, 0.3) is 0 Å². The highest BCUT2D eigenvalue weighted by molar-refractivity contribution is 7.91. The van der Waals surface area contributed by atoms with Crippen LogP contribution in [0.2, 0.25) is 0 Å². The fraction of sp³-hybridized carbons (Fsp3) is 0.333. The van der Waals surface area contributed by atoms with Crippen LogP contribution in [0.4, 0.5) is 4.39 Å². The van der Waals surface area contributed by atoms with Gasteiger partial charge in [-0.15, -0.1) is 0 Å². The van der Waals surface area contributed by atoms with E-state index in [0.29, 0.717) is 0 Å². The van der Waals surface area contributed by atoms with Crippen LogP contribution < -0.4 is 0 Å². The SMILES string of the molecule is CCS(=O)(=O)c1cncnc1F. The lowest BCUT2D eigenvalue weighted by Gasteiger charge is -1.99. The lowest BCUT2D eigenvalue weighted by molar-refractivity contribution is 0.533. The number of nitrogens with zero attached hydrogens (tertiary/aromatic N) is 2. The molecular weight excluding hydrogens is 183 g/mol. The summed E-state index contributed by atoms with van der Waals surface area (Å²) in [5.74, 6) is -1.15. The van der Waals surface area contributed by atoms with Crippen LogP contribution in [0.5, 0.6) is 0 Å². The molecule has 0 aliphatic carbocycles. The van der Waals surface area contributed by atoms with E-state index in [1.807, 2.05) is 0 Å². The lowest BCUT2D eigenvalue weighted by atomic mass is 10.7. The molecule has 66 valence electrons. The molecule has 12 heavy (non-hydrogen) atoms. The normalized spacial score (nSPS) is 11.5. The zero-order valence-corrected chi connectivity index (χ0v) is 7.18. The largest absolute Gasteiger partial charge is 0.243 e. The summed E-state index contributed by atoms with van der Waals surface area (Å²) in [6.45, 7) is 1.43. The van der Waals surface area contributed by atoms with Gasteiger partial charge in [0.15, 0.2) is 9.84 Å². The average molecular weight is 190 g/mol. The van der Waals surface area contributed by atoms with Crippen molar-refractivity contribution in [1.29, 1.82) is 0 Å². The van der Waals surface area contributed by atoms with Gasteiger partial charge in [-0.05, 0) is 0 Å². The summed E-state index contributed by atoms with van der Waals surface area (Å²) in [5.41, 5.74) is 0. The second-order valence-corrected chi connectivity index (χ2v) is 4.33. The van der Waals surface area contributed by atoms with Gasteiger partial charge in [-0.25, -0.2) is 18.4 Å². The molecule has 0 bridgehead atoms. The molecule has 1 aromatic rings. The standard InChI is InChI=1S/C6H7FN2O2S/c1-2-12(10,11)5-3-8-4-9-6(5)7/h3-4H,2H2,1H3. The minimum absolute atomic E-state index is 0.155. The maximum atomic E-state index is 12.7. The van der Waals surface area contributed by atoms with Crippen LogP contribution in [0.3, 0.4) is 0 Å². The molecule has 0 radical (unpaired) electrons. The van der Waals surface area contributed by atoms with Crippen LogP contribution >= 0.6 is 0 Å². The Kier molecular flexibility index (Phi) is 2.37. The fourth-order valence-electron chi connectivity index (χ4n) is 0.666. The number of hydrogen-bond donors (Lipinski definition) is 0. The van der Waals surface area contributed by atoms with E-state index in [0.717, 1.165) is 12.5 Å². The Morgan fingerprint density at radius 2 is 2.25 bits per heavy atom. The lowest BCUT2D eigenvalue weighted by Crippen LogP contribution is -2.07. The Hall–Kier alpha value is -1.04. The Morgan fingerprint density at radius 1 is 1.58 bits per heavy atom. The van der Waals surface area contributed by atoms with Crippen molar-refractivity contribution in [3.63, 3.8) is 0 Å². The molecule has 1 aromatic heterocycles. The molecule has 0 atom stereocenters. The molecule has 4 nitrogen and oxygen atoms in total. The Balaban J connectivity index is 3.30. The van der Waals surface area contributed by atoms with Gasteiger partial charge in [0.05, 0.1) is 11.9 Å². The third kappa shape index (κ3) is 1.58. The third-order valence-electron chi connectivity index (χ3n) is 1.35. The smallest absolute Gasteiger partial charge is 0.234 e. The van der Waals surface area contributed by atoms with Crippen LogP contribution in [0, 0.1) is 5.95 Å². The summed E-state index contributed by atoms with van der Waals surface area (Å²) in [5, 5.41) is 0. The Morgan fingerprint density at radius 3 is 2.75 bits per heavy atom. The van der Waals surface area contributed by atoms with Crippen LogP contribution in [-0.4, -0.2) is 24.1 Å². The van der Waals surface area contributed by atoms with Crippen LogP contribution in [-0.2, 0) is 9.84 Å². The molecule has 0 saturated heterocycles. The molecule has 0 aliphatic heterocycles. The van der Waals surface area contributed by atoms with Gasteiger partial charge in [-0.2, -0.15) is 4.39 Å². The zero-order chi connectivity index (χ0) is 9.19. The molecular formula is C6H7FN2O2S. The van der Waals surface area contributed by atoms with Crippen molar-refractivity contribution in [2.24, 2.45) is 0 Å². The number of hydrogen-bond acceptors (Lipinski definition) is 4. The first-order valence-electron chi connectivity index (χ1n) is 3.26. The van der Waals surface area contributed by atoms with Gasteiger partial charge in [-0.1, -0.05) is 6.92 Å². The van der Waals surface area contributed by atoms with Crippen molar-refractivity contribution < 1.29 is 12.8 Å². The van der Waals surface area contributed by atoms with E-state index in [-0.39, 0.29) is 5.75 Å². The average Bonchev–Trinajstić information content (AvgIpc) is 2.05. The number of aromatic nitrogens is 2. The van der Waals surface area contributed by atoms with Gasteiger partial charge in [0.2, 0.25) is 5.95 Å². The molecule has 0 N–H and O–H groups in total. The monoisotopic (exact) mass is 190 g/mol. The summed E-state index contributed by atoms with van der Waals surface area (Å²) in [7, 11) is -3.53. The van der Waals surface area contributed by atoms with Crippen LogP contribution in [0.15, 0.2) is 17.4 Å². The molecule has 0 spiro atoms. The summed E-state index contributed by atoms with van der Waals surface area (Å²) < 4.78 is 34.9. The highest BCUT2D eigenvalue weighted by Crippen LogP contribution is 2.10. The molecule has 0 fully saturated rings. The van der Waals surface area contributed by atoms with Gasteiger partial charge in [0.1, 0.15) is 11.2 Å². The van der Waals surface area contributed by atoms with Gasteiger partial charge in [0, 0.05) is 0 Å². The summed E-state index contributed by atoms with van der Waals surface area (Å²) >= 11 is 0. The highest BCUT2D eigenvalue weighted by Gasteiger charge is 2.17. The van der Waals surface area contributed by atoms with Crippen molar-refractivity contribution in [3.05, 3.63) is 18.5 Å². The van der Waals surface area contributed by atoms with Crippen LogP contribution in [0.1, 0.15) is 6.92 Å². The minimum atomic E-state index is -3.53. The van der Waals surface area contributed by atoms with Gasteiger partial charge in [-0.3, -0.25) is 0 Å². The van der Waals surface area contributed by atoms with Crippen molar-refractivity contribution in [3.8, 4) is 0 Å². The van der Waals surface area contributed by atoms with E-state index in [2.05, 4.69) is 9.97 Å². The van der Waals surface area contributed by atoms with E-state index < -0.39 is 20.7 Å². The van der Waals surface area contributed by atoms with E-state index in [1.165, 1.54) is 6.92 Å². The summed E-state index contributed by atoms with van der Waals surface area (Å²) in [6, 6.07) is 0. The maximum Gasteiger partial charge on any atom is 0.234 e. The summed E-state index contributed by atoms with van der Waals surface area (Å²) in [6.07, 6.45) is 1.92. The molecule has 1 rings (SSSR count). The third-order valence-corrected chi connectivity index (χ3v) is 3.05. The topological polar surface area (TPSA) is 59.9 Å². The molecule has 0 aromatic carbocycles. The predicted molar refractivity (Wildman–Crippen MR) is 39.7 cm³/mol. The molecule has 0 unspecified atom stereocenters. The van der Waals surface area contributed by atoms with Crippen molar-refractivity contribution in [1.82, 2.24) is 9.97 Å². The molecule has 6 heteroatoms. The Labute approximate surface area is 69.4 Å². The fourth-order valence-corrected chi connectivity index (χ4v) is 1.51. The minimum Gasteiger partial charge on any atom is -0.243 e. The van der Waals surface area contributed by atoms with E-state index >= 15 is 0 Å². The van der Waals surface area contributed by atoms with E-state index in [1.54, 1.807) is 0 Å². The maximum absolute atomic E-state index is 12.7. The molecule has 0 aliphatic rings. The zero-order valence-electron chi connectivity index (χ0n) is 6.36. The number of halogens is 1. The second-order valence-electron chi connectivity index (χ2n) is 2.08. The van der Waals surface area contributed by atoms with E-state index in [4.69, 9.17) is 0 Å². The number of rotatable bonds is 2. The summed E-state index contributed by atoms with van der Waals surface area (Å²) in [4.78, 5) is 6.13. The first-order valence-corrected chi connectivity index (χ1v) is 4.91. The molecule has 1 heterocycles. The first kappa shape index (κ1) is 9.05. The van der Waals surface area contributed by atoms with Gasteiger partial charge in [0.25, 0.3) is 0 Å². The predicted octanol–water partition coefficient (Wildman–Crippen LogP) is 0.409. The quantitative estimate of drug-likeness (QED) is 0.634. The van der Waals surface area contributed by atoms with Gasteiger partial charge >= 0.3 is 0 Å². The number of sulfone groups is 1. The highest BCUT2D eigenvalue weighted by atomic mass is 32.2. The van der Waals surface area contributed by atoms with Crippen molar-refractivity contribution >= 4 is 9.84 Å². The second kappa shape index (κ2) is 3.14. The van der Waals surface area contributed by atoms with Crippen molar-refractivity contribution in [2.75, 3.05) is 5.75 Å². The Bertz CT molecular complexity index is 377. The first-order chi connectivity index (χ1) is 5.58. The van der Waals surface area contributed by atoms with Crippen molar-refractivity contribution in [2.45, 2.75) is 11.8 Å². The molecule has 0 saturated carbocycles. The van der Waals surface area contributed by atoms with Gasteiger partial charge < -0.3 is 0 Å². The molecule has 0 amide bonds.